The van der Waals surface area contributed by atoms with Crippen molar-refractivity contribution in [2.75, 3.05) is 12.4 Å². The van der Waals surface area contributed by atoms with Crippen molar-refractivity contribution in [3.05, 3.63) is 34.9 Å². The Morgan fingerprint density at radius 2 is 2.00 bits per heavy atom. The highest BCUT2D eigenvalue weighted by Gasteiger charge is 2.25. The molecule has 1 aromatic rings. The van der Waals surface area contributed by atoms with Gasteiger partial charge in [-0.2, -0.15) is 0 Å². The number of amides is 1. The maximum atomic E-state index is 13.9. The van der Waals surface area contributed by atoms with Crippen molar-refractivity contribution in [1.82, 2.24) is 4.90 Å². The molecule has 0 spiro atoms. The molecule has 0 saturated heterocycles. The molecule has 0 aromatic heterocycles. The number of nitrogens with zero attached hydrogens (tertiary/aromatic N) is 1. The molecule has 0 aliphatic rings. The first-order valence-corrected chi connectivity index (χ1v) is 6.25. The molecule has 1 amide bonds. The molecule has 2 nitrogen and oxygen atoms in total. The van der Waals surface area contributed by atoms with E-state index in [-0.39, 0.29) is 24.0 Å². The van der Waals surface area contributed by atoms with Crippen LogP contribution in [-0.4, -0.2) is 29.3 Å². The average molecular weight is 276 g/mol. The van der Waals surface area contributed by atoms with Gasteiger partial charge in [0.25, 0.3) is 5.91 Å². The highest BCUT2D eigenvalue weighted by Crippen LogP contribution is 2.19. The van der Waals surface area contributed by atoms with E-state index in [0.29, 0.717) is 0 Å². The van der Waals surface area contributed by atoms with Gasteiger partial charge in [-0.1, -0.05) is 6.07 Å². The summed E-state index contributed by atoms with van der Waals surface area (Å²) in [4.78, 5) is 13.5. The molecule has 0 aliphatic carbocycles. The van der Waals surface area contributed by atoms with Crippen LogP contribution in [0.15, 0.2) is 12.1 Å². The van der Waals surface area contributed by atoms with Crippen LogP contribution < -0.4 is 0 Å². The predicted octanol–water partition coefficient (Wildman–Crippen LogP) is 3.36. The molecule has 100 valence electrons. The SMILES string of the molecule is Cc1ccc(F)c(C(=O)N(CCCl)C(C)C)c1F. The average Bonchev–Trinajstić information content (AvgIpc) is 2.30. The molecule has 0 atom stereocenters. The highest BCUT2D eigenvalue weighted by molar-refractivity contribution is 6.18. The van der Waals surface area contributed by atoms with Gasteiger partial charge in [-0.05, 0) is 32.4 Å². The summed E-state index contributed by atoms with van der Waals surface area (Å²) in [7, 11) is 0. The maximum Gasteiger partial charge on any atom is 0.260 e. The third-order valence-electron chi connectivity index (χ3n) is 2.71. The molecule has 0 aliphatic heterocycles. The van der Waals surface area contributed by atoms with Gasteiger partial charge in [0.2, 0.25) is 0 Å². The number of benzene rings is 1. The zero-order valence-corrected chi connectivity index (χ0v) is 11.4. The summed E-state index contributed by atoms with van der Waals surface area (Å²) >= 11 is 5.60. The number of alkyl halides is 1. The maximum absolute atomic E-state index is 13.9. The first-order valence-electron chi connectivity index (χ1n) is 5.71. The van der Waals surface area contributed by atoms with Gasteiger partial charge in [0.1, 0.15) is 17.2 Å². The molecule has 0 saturated carbocycles. The lowest BCUT2D eigenvalue weighted by Crippen LogP contribution is -2.39. The highest BCUT2D eigenvalue weighted by atomic mass is 35.5. The van der Waals surface area contributed by atoms with Gasteiger partial charge in [-0.15, -0.1) is 11.6 Å². The van der Waals surface area contributed by atoms with E-state index in [1.54, 1.807) is 13.8 Å². The van der Waals surface area contributed by atoms with Crippen molar-refractivity contribution in [2.45, 2.75) is 26.8 Å². The summed E-state index contributed by atoms with van der Waals surface area (Å²) in [6, 6.07) is 2.24. The van der Waals surface area contributed by atoms with E-state index in [9.17, 15) is 13.6 Å². The van der Waals surface area contributed by atoms with Crippen molar-refractivity contribution in [3.8, 4) is 0 Å². The van der Waals surface area contributed by atoms with Gasteiger partial charge in [-0.25, -0.2) is 8.78 Å². The Kier molecular flexibility index (Phi) is 5.08. The second-order valence-corrected chi connectivity index (χ2v) is 4.71. The summed E-state index contributed by atoms with van der Waals surface area (Å²) in [6.07, 6.45) is 0. The van der Waals surface area contributed by atoms with E-state index in [1.807, 2.05) is 0 Å². The third kappa shape index (κ3) is 2.99. The smallest absolute Gasteiger partial charge is 0.260 e. The molecule has 0 N–H and O–H groups in total. The van der Waals surface area contributed by atoms with Crippen LogP contribution in [0, 0.1) is 18.6 Å². The van der Waals surface area contributed by atoms with Crippen LogP contribution in [0.5, 0.6) is 0 Å². The Labute approximate surface area is 111 Å². The molecule has 0 heterocycles. The van der Waals surface area contributed by atoms with Gasteiger partial charge in [0.05, 0.1) is 0 Å². The number of rotatable bonds is 4. The van der Waals surface area contributed by atoms with Crippen LogP contribution in [0.1, 0.15) is 29.8 Å². The summed E-state index contributed by atoms with van der Waals surface area (Å²) in [5, 5.41) is 0. The first-order chi connectivity index (χ1) is 8.40. The largest absolute Gasteiger partial charge is 0.335 e. The van der Waals surface area contributed by atoms with Crippen LogP contribution in [0.2, 0.25) is 0 Å². The number of carbonyl (C=O) groups excluding carboxylic acids is 1. The fourth-order valence-electron chi connectivity index (χ4n) is 1.68. The van der Waals surface area contributed by atoms with Crippen LogP contribution in [0.4, 0.5) is 8.78 Å². The lowest BCUT2D eigenvalue weighted by molar-refractivity contribution is 0.0708. The molecule has 18 heavy (non-hydrogen) atoms. The van der Waals surface area contributed by atoms with Gasteiger partial charge < -0.3 is 4.90 Å². The molecule has 0 unspecified atom stereocenters. The zero-order valence-electron chi connectivity index (χ0n) is 10.6. The summed E-state index contributed by atoms with van der Waals surface area (Å²) in [5.74, 6) is -2.09. The number of aryl methyl sites for hydroxylation is 1. The van der Waals surface area contributed by atoms with Crippen LogP contribution in [0.25, 0.3) is 0 Å². The Balaban J connectivity index is 3.20. The molecule has 0 radical (unpaired) electrons. The molecular formula is C13H16ClF2NO. The predicted molar refractivity (Wildman–Crippen MR) is 68.0 cm³/mol. The Hall–Kier alpha value is -1.16. The van der Waals surface area contributed by atoms with Crippen molar-refractivity contribution in [3.63, 3.8) is 0 Å². The number of hydrogen-bond donors (Lipinski definition) is 0. The zero-order chi connectivity index (χ0) is 13.9. The van der Waals surface area contributed by atoms with Gasteiger partial charge >= 0.3 is 0 Å². The first kappa shape index (κ1) is 14.9. The topological polar surface area (TPSA) is 20.3 Å². The second-order valence-electron chi connectivity index (χ2n) is 4.33. The summed E-state index contributed by atoms with van der Waals surface area (Å²) < 4.78 is 27.5. The monoisotopic (exact) mass is 275 g/mol. The van der Waals surface area contributed by atoms with E-state index in [2.05, 4.69) is 0 Å². The molecule has 5 heteroatoms. The number of carbonyl (C=O) groups is 1. The molecule has 1 rings (SSSR count). The Bertz CT molecular complexity index is 449. The van der Waals surface area contributed by atoms with Gasteiger partial charge in [-0.3, -0.25) is 4.79 Å². The molecular weight excluding hydrogens is 260 g/mol. The minimum absolute atomic E-state index is 0.171. The van der Waals surface area contributed by atoms with Crippen molar-refractivity contribution in [2.24, 2.45) is 0 Å². The van der Waals surface area contributed by atoms with Crippen LogP contribution >= 0.6 is 11.6 Å². The van der Waals surface area contributed by atoms with Gasteiger partial charge in [0, 0.05) is 18.5 Å². The second kappa shape index (κ2) is 6.14. The molecule has 0 bridgehead atoms. The minimum Gasteiger partial charge on any atom is -0.335 e. The summed E-state index contributed by atoms with van der Waals surface area (Å²) in [6.45, 7) is 5.30. The van der Waals surface area contributed by atoms with Crippen molar-refractivity contribution < 1.29 is 13.6 Å². The molecule has 0 fully saturated rings. The van der Waals surface area contributed by atoms with Crippen LogP contribution in [0.3, 0.4) is 0 Å². The van der Waals surface area contributed by atoms with E-state index >= 15 is 0 Å². The Morgan fingerprint density at radius 1 is 1.39 bits per heavy atom. The van der Waals surface area contributed by atoms with E-state index in [1.165, 1.54) is 17.9 Å². The fraction of sp³-hybridized carbons (Fsp3) is 0.462. The molecule has 1 aromatic carbocycles. The third-order valence-corrected chi connectivity index (χ3v) is 2.88. The number of halogens is 3. The van der Waals surface area contributed by atoms with E-state index < -0.39 is 23.1 Å². The quantitative estimate of drug-likeness (QED) is 0.772. The van der Waals surface area contributed by atoms with Gasteiger partial charge in [0.15, 0.2) is 0 Å². The minimum atomic E-state index is -0.844. The van der Waals surface area contributed by atoms with Crippen molar-refractivity contribution >= 4 is 17.5 Å². The lowest BCUT2D eigenvalue weighted by atomic mass is 10.1. The summed E-state index contributed by atoms with van der Waals surface area (Å²) in [5.41, 5.74) is -0.261. The van der Waals surface area contributed by atoms with E-state index in [4.69, 9.17) is 11.6 Å². The fourth-order valence-corrected chi connectivity index (χ4v) is 1.86. The van der Waals surface area contributed by atoms with Crippen molar-refractivity contribution in [1.29, 1.82) is 0 Å². The van der Waals surface area contributed by atoms with E-state index in [0.717, 1.165) is 6.07 Å². The standard InChI is InChI=1S/C13H16ClF2NO/c1-8(2)17(7-6-14)13(18)11-10(15)5-4-9(3)12(11)16/h4-5,8H,6-7H2,1-3H3. The lowest BCUT2D eigenvalue weighted by Gasteiger charge is -2.26. The Morgan fingerprint density at radius 3 is 2.50 bits per heavy atom. The van der Waals surface area contributed by atoms with Crippen LogP contribution in [-0.2, 0) is 0 Å². The number of hydrogen-bond acceptors (Lipinski definition) is 1. The normalized spacial score (nSPS) is 10.8.